The standard InChI is InChI=1S/C29H33N5O5S/c1-32(39-3)40(36,37)25-14-7-21(8-15-25)20-34(23-11-9-22(10-12-23)33-17-5-4-6-18-33)29(35)28-26-19-24(38-2)13-16-27(26)30-31-28/h7-16,19H,4-6,17-18,20H2,1-3H3,(H,30,31). The number of hydroxylamine groups is 1. The summed E-state index contributed by atoms with van der Waals surface area (Å²) in [6.07, 6.45) is 3.60. The van der Waals surface area contributed by atoms with E-state index in [0.29, 0.717) is 16.8 Å². The summed E-state index contributed by atoms with van der Waals surface area (Å²) in [5, 5.41) is 7.94. The quantitative estimate of drug-likeness (QED) is 0.297. The molecule has 0 spiro atoms. The minimum absolute atomic E-state index is 0.0924. The van der Waals surface area contributed by atoms with Gasteiger partial charge in [-0.05, 0) is 79.4 Å². The van der Waals surface area contributed by atoms with Gasteiger partial charge in [0.1, 0.15) is 5.75 Å². The number of ether oxygens (including phenoxy) is 1. The number of carbonyl (C=O) groups excluding carboxylic acids is 1. The van der Waals surface area contributed by atoms with Crippen molar-refractivity contribution >= 4 is 38.2 Å². The largest absolute Gasteiger partial charge is 0.497 e. The van der Waals surface area contributed by atoms with Crippen molar-refractivity contribution in [3.05, 3.63) is 78.0 Å². The van der Waals surface area contributed by atoms with E-state index < -0.39 is 10.0 Å². The maximum atomic E-state index is 14.0. The van der Waals surface area contributed by atoms with Gasteiger partial charge in [0.05, 0.1) is 31.2 Å². The van der Waals surface area contributed by atoms with Gasteiger partial charge in [-0.15, -0.1) is 0 Å². The molecular weight excluding hydrogens is 530 g/mol. The molecule has 0 bridgehead atoms. The third kappa shape index (κ3) is 5.53. The Kier molecular flexibility index (Phi) is 8.06. The van der Waals surface area contributed by atoms with Crippen LogP contribution in [0, 0.1) is 0 Å². The van der Waals surface area contributed by atoms with E-state index in [4.69, 9.17) is 9.57 Å². The van der Waals surface area contributed by atoms with E-state index in [1.807, 2.05) is 36.4 Å². The van der Waals surface area contributed by atoms with Crippen LogP contribution >= 0.6 is 0 Å². The average molecular weight is 564 g/mol. The second-order valence-electron chi connectivity index (χ2n) is 9.68. The van der Waals surface area contributed by atoms with Crippen molar-refractivity contribution in [3.8, 4) is 5.75 Å². The lowest BCUT2D eigenvalue weighted by Crippen LogP contribution is -2.31. The molecule has 0 unspecified atom stereocenters. The Labute approximate surface area is 234 Å². The first kappa shape index (κ1) is 27.6. The van der Waals surface area contributed by atoms with Crippen molar-refractivity contribution in [3.63, 3.8) is 0 Å². The highest BCUT2D eigenvalue weighted by atomic mass is 32.2. The van der Waals surface area contributed by atoms with Crippen LogP contribution in [-0.2, 0) is 21.4 Å². The number of benzene rings is 3. The van der Waals surface area contributed by atoms with Crippen LogP contribution in [-0.4, -0.2) is 63.3 Å². The van der Waals surface area contributed by atoms with E-state index in [2.05, 4.69) is 15.1 Å². The smallest absolute Gasteiger partial charge is 0.279 e. The first-order chi connectivity index (χ1) is 19.3. The topological polar surface area (TPSA) is 108 Å². The van der Waals surface area contributed by atoms with Gasteiger partial charge >= 0.3 is 0 Å². The Bertz CT molecular complexity index is 1580. The highest BCUT2D eigenvalue weighted by molar-refractivity contribution is 7.89. The Hall–Kier alpha value is -3.93. The first-order valence-electron chi connectivity index (χ1n) is 13.1. The van der Waals surface area contributed by atoms with E-state index in [0.717, 1.165) is 34.3 Å². The second kappa shape index (κ2) is 11.7. The van der Waals surface area contributed by atoms with Gasteiger partial charge in [-0.3, -0.25) is 14.7 Å². The molecule has 1 amide bonds. The summed E-state index contributed by atoms with van der Waals surface area (Å²) in [4.78, 5) is 23.0. The molecule has 40 heavy (non-hydrogen) atoms. The van der Waals surface area contributed by atoms with Crippen LogP contribution in [0.2, 0.25) is 0 Å². The van der Waals surface area contributed by atoms with Crippen LogP contribution in [0.4, 0.5) is 11.4 Å². The number of nitrogens with one attached hydrogen (secondary N) is 1. The van der Waals surface area contributed by atoms with Crippen molar-refractivity contribution in [1.29, 1.82) is 0 Å². The normalized spacial score (nSPS) is 14.1. The summed E-state index contributed by atoms with van der Waals surface area (Å²) in [6.45, 7) is 2.26. The molecule has 0 atom stereocenters. The number of nitrogens with zero attached hydrogens (tertiary/aromatic N) is 4. The van der Waals surface area contributed by atoms with Gasteiger partial charge < -0.3 is 14.5 Å². The van der Waals surface area contributed by atoms with Gasteiger partial charge in [0, 0.05) is 36.9 Å². The number of anilines is 2. The molecule has 1 saturated heterocycles. The SMILES string of the molecule is COc1ccc2[nH]nc(C(=O)N(Cc3ccc(S(=O)(=O)N(C)OC)cc3)c3ccc(N4CCCCC4)cc3)c2c1. The van der Waals surface area contributed by atoms with Crippen LogP contribution in [0.5, 0.6) is 5.75 Å². The zero-order valence-corrected chi connectivity index (χ0v) is 23.6. The second-order valence-corrected chi connectivity index (χ2v) is 11.6. The molecule has 0 radical (unpaired) electrons. The van der Waals surface area contributed by atoms with Gasteiger partial charge in [-0.1, -0.05) is 16.6 Å². The molecule has 1 fully saturated rings. The predicted molar refractivity (Wildman–Crippen MR) is 154 cm³/mol. The van der Waals surface area contributed by atoms with Gasteiger partial charge in [0.2, 0.25) is 0 Å². The molecule has 10 nitrogen and oxygen atoms in total. The zero-order valence-electron chi connectivity index (χ0n) is 22.8. The molecule has 210 valence electrons. The molecule has 5 rings (SSSR count). The van der Waals surface area contributed by atoms with Crippen molar-refractivity contribution in [2.24, 2.45) is 0 Å². The number of amides is 1. The number of rotatable bonds is 9. The fourth-order valence-corrected chi connectivity index (χ4v) is 5.86. The summed E-state index contributed by atoms with van der Waals surface area (Å²) in [5.74, 6) is 0.333. The van der Waals surface area contributed by atoms with E-state index in [1.54, 1.807) is 30.2 Å². The van der Waals surface area contributed by atoms with Gasteiger partial charge in [0.25, 0.3) is 15.9 Å². The van der Waals surface area contributed by atoms with Crippen molar-refractivity contribution < 1.29 is 22.8 Å². The highest BCUT2D eigenvalue weighted by Gasteiger charge is 2.25. The van der Waals surface area contributed by atoms with Gasteiger partial charge in [0.15, 0.2) is 5.69 Å². The predicted octanol–water partition coefficient (Wildman–Crippen LogP) is 4.59. The Morgan fingerprint density at radius 2 is 1.68 bits per heavy atom. The molecule has 4 aromatic rings. The number of hydrogen-bond acceptors (Lipinski definition) is 7. The fourth-order valence-electron chi connectivity index (χ4n) is 4.88. The molecular formula is C29H33N5O5S. The van der Waals surface area contributed by atoms with E-state index >= 15 is 0 Å². The number of hydrogen-bond donors (Lipinski definition) is 1. The molecule has 1 N–H and O–H groups in total. The first-order valence-corrected chi connectivity index (χ1v) is 14.6. The Morgan fingerprint density at radius 1 is 0.975 bits per heavy atom. The van der Waals surface area contributed by atoms with Crippen LogP contribution in [0.25, 0.3) is 10.9 Å². The molecule has 1 aliphatic rings. The van der Waals surface area contributed by atoms with Crippen LogP contribution < -0.4 is 14.5 Å². The lowest BCUT2D eigenvalue weighted by atomic mass is 10.1. The number of H-pyrrole nitrogens is 1. The fraction of sp³-hybridized carbons (Fsp3) is 0.310. The average Bonchev–Trinajstić information content (AvgIpc) is 3.43. The zero-order chi connectivity index (χ0) is 28.3. The van der Waals surface area contributed by atoms with Crippen LogP contribution in [0.3, 0.4) is 0 Å². The lowest BCUT2D eigenvalue weighted by Gasteiger charge is -2.29. The van der Waals surface area contributed by atoms with Crippen molar-refractivity contribution in [2.45, 2.75) is 30.7 Å². The molecule has 0 saturated carbocycles. The van der Waals surface area contributed by atoms with E-state index in [1.165, 1.54) is 45.6 Å². The van der Waals surface area contributed by atoms with Crippen LogP contribution in [0.1, 0.15) is 35.3 Å². The van der Waals surface area contributed by atoms with Gasteiger partial charge in [-0.25, -0.2) is 8.42 Å². The monoisotopic (exact) mass is 563 g/mol. The third-order valence-corrected chi connectivity index (χ3v) is 8.95. The summed E-state index contributed by atoms with van der Waals surface area (Å²) >= 11 is 0. The number of fused-ring (bicyclic) bond motifs is 1. The Balaban J connectivity index is 1.49. The summed E-state index contributed by atoms with van der Waals surface area (Å²) in [6, 6.07) is 19.8. The molecule has 1 aromatic heterocycles. The van der Waals surface area contributed by atoms with Crippen molar-refractivity contribution in [2.75, 3.05) is 44.2 Å². The van der Waals surface area contributed by atoms with E-state index in [9.17, 15) is 13.2 Å². The van der Waals surface area contributed by atoms with Crippen LogP contribution in [0.15, 0.2) is 71.6 Å². The number of methoxy groups -OCH3 is 1. The summed E-state index contributed by atoms with van der Waals surface area (Å²) < 4.78 is 31.4. The number of aromatic nitrogens is 2. The maximum Gasteiger partial charge on any atom is 0.279 e. The minimum Gasteiger partial charge on any atom is -0.497 e. The number of sulfonamides is 1. The molecule has 3 aromatic carbocycles. The summed E-state index contributed by atoms with van der Waals surface area (Å²) in [7, 11) is 0.417. The number of piperidine rings is 1. The lowest BCUT2D eigenvalue weighted by molar-refractivity contribution is -0.0258. The molecule has 11 heteroatoms. The minimum atomic E-state index is -3.78. The molecule has 1 aliphatic heterocycles. The number of aromatic amines is 1. The molecule has 0 aliphatic carbocycles. The van der Waals surface area contributed by atoms with Crippen molar-refractivity contribution in [1.82, 2.24) is 14.7 Å². The van der Waals surface area contributed by atoms with Gasteiger partial charge in [-0.2, -0.15) is 5.10 Å². The summed E-state index contributed by atoms with van der Waals surface area (Å²) in [5.41, 5.74) is 3.59. The number of carbonyl (C=O) groups is 1. The highest BCUT2D eigenvalue weighted by Crippen LogP contribution is 2.29. The molecule has 2 heterocycles. The Morgan fingerprint density at radius 3 is 2.33 bits per heavy atom. The van der Waals surface area contributed by atoms with E-state index in [-0.39, 0.29) is 23.0 Å². The third-order valence-electron chi connectivity index (χ3n) is 7.26. The maximum absolute atomic E-state index is 14.0.